The molecule has 2 amide bonds. The van der Waals surface area contributed by atoms with Gasteiger partial charge in [-0.2, -0.15) is 0 Å². The van der Waals surface area contributed by atoms with Crippen LogP contribution in [0.1, 0.15) is 12.8 Å². The van der Waals surface area contributed by atoms with E-state index in [2.05, 4.69) is 102 Å². The van der Waals surface area contributed by atoms with Crippen molar-refractivity contribution in [3.8, 4) is 0 Å². The van der Waals surface area contributed by atoms with E-state index in [1.54, 1.807) is 0 Å². The van der Waals surface area contributed by atoms with Gasteiger partial charge in [-0.15, -0.1) is 0 Å². The minimum absolute atomic E-state index is 0. The first-order chi connectivity index (χ1) is 18.9. The van der Waals surface area contributed by atoms with Crippen LogP contribution in [-0.4, -0.2) is 59.7 Å². The summed E-state index contributed by atoms with van der Waals surface area (Å²) in [5.74, 6) is -1.17. The van der Waals surface area contributed by atoms with Crippen LogP contribution in [0.4, 0.5) is 0 Å². The van der Waals surface area contributed by atoms with Gasteiger partial charge in [0.05, 0.1) is 18.0 Å². The summed E-state index contributed by atoms with van der Waals surface area (Å²) in [7, 11) is 0.780. The van der Waals surface area contributed by atoms with Crippen molar-refractivity contribution in [3.63, 3.8) is 0 Å². The third kappa shape index (κ3) is 10.2. The normalized spacial score (nSPS) is 11.6. The van der Waals surface area contributed by atoms with Crippen LogP contribution < -0.4 is 49.3 Å². The summed E-state index contributed by atoms with van der Waals surface area (Å²) >= 11 is 0. The number of nitrogens with one attached hydrogen (secondary N) is 2. The van der Waals surface area contributed by atoms with Gasteiger partial charge in [-0.1, -0.05) is 76.2 Å². The molecule has 0 aliphatic carbocycles. The average Bonchev–Trinajstić information content (AvgIpc) is 2.97. The highest BCUT2D eigenvalue weighted by molar-refractivity contribution is 8.76. The summed E-state index contributed by atoms with van der Waals surface area (Å²) in [4.78, 5) is 34.6. The molecule has 0 spiro atoms. The van der Waals surface area contributed by atoms with E-state index in [9.17, 15) is 14.4 Å². The van der Waals surface area contributed by atoms with Gasteiger partial charge in [-0.3, -0.25) is 14.4 Å². The van der Waals surface area contributed by atoms with E-state index in [-0.39, 0.29) is 34.4 Å². The molecule has 0 bridgehead atoms. The van der Waals surface area contributed by atoms with Crippen molar-refractivity contribution in [1.82, 2.24) is 10.6 Å². The summed E-state index contributed by atoms with van der Waals surface area (Å²) in [6.07, 6.45) is 2.84. The lowest BCUT2D eigenvalue weighted by molar-refractivity contribution is -0.138. The summed E-state index contributed by atoms with van der Waals surface area (Å²) in [6.45, 7) is 0.136. The molecule has 7 nitrogen and oxygen atoms in total. The largest absolute Gasteiger partial charge is 1.00 e. The van der Waals surface area contributed by atoms with Crippen molar-refractivity contribution < 1.29 is 36.5 Å². The highest BCUT2D eigenvalue weighted by Crippen LogP contribution is 2.55. The second kappa shape index (κ2) is 18.1. The van der Waals surface area contributed by atoms with Crippen molar-refractivity contribution in [2.75, 3.05) is 30.8 Å². The van der Waals surface area contributed by atoms with Crippen molar-refractivity contribution in [2.45, 2.75) is 18.9 Å². The number of carboxylic acid groups (broad SMARTS) is 1. The number of hydrogen-bond acceptors (Lipinski definition) is 6. The van der Waals surface area contributed by atoms with E-state index >= 15 is 0 Å². The number of nitrogens with two attached hydrogens (primary N) is 1. The van der Waals surface area contributed by atoms with E-state index in [4.69, 9.17) is 10.8 Å². The second-order valence-electron chi connectivity index (χ2n) is 8.86. The average molecular weight is 665 g/mol. The number of carbonyl (C=O) groups is 3. The molecule has 11 heteroatoms. The predicted octanol–water partition coefficient (Wildman–Crippen LogP) is -0.210. The fourth-order valence-corrected chi connectivity index (χ4v) is 10.6. The Morgan fingerprint density at radius 3 is 1.75 bits per heavy atom. The van der Waals surface area contributed by atoms with Crippen LogP contribution in [0.3, 0.4) is 0 Å². The fraction of sp³-hybridized carbons (Fsp3) is 0.276. The maximum Gasteiger partial charge on any atom is 0.322 e. The molecule has 1 atom stereocenters. The highest BCUT2D eigenvalue weighted by atomic mass is 79.9. The van der Waals surface area contributed by atoms with Crippen molar-refractivity contribution in [2.24, 2.45) is 5.73 Å². The smallest absolute Gasteiger partial charge is 0.322 e. The minimum atomic E-state index is -1.86. The first-order valence-electron chi connectivity index (χ1n) is 12.7. The van der Waals surface area contributed by atoms with Crippen LogP contribution in [0.15, 0.2) is 91.0 Å². The highest BCUT2D eigenvalue weighted by Gasteiger charge is 2.44. The number of carboxylic acids is 1. The molecular formula is C29H35BrN3O4PS2. The maximum atomic E-state index is 12.3. The molecule has 0 saturated carbocycles. The topological polar surface area (TPSA) is 122 Å². The van der Waals surface area contributed by atoms with Gasteiger partial charge >= 0.3 is 5.97 Å². The Labute approximate surface area is 255 Å². The zero-order chi connectivity index (χ0) is 27.9. The molecule has 0 aliphatic rings. The number of hydrogen-bond donors (Lipinski definition) is 4. The minimum Gasteiger partial charge on any atom is -1.00 e. The van der Waals surface area contributed by atoms with Gasteiger partial charge in [-0.05, 0) is 49.2 Å². The standard InChI is InChI=1S/C29H34N3O4PS2.BrH/c30-26(29(36)32-20-28(34)35)21-38-39-22-27(33)31-18-10-11-19-37(23-12-4-1-5-13-23,24-14-6-2-7-15-24)25-16-8-3-9-17-25;/h1-9,12-17,26H,10-11,18-22,30H2,(H2-,31,32,33,34,35,36);1H/t26-;/m0./s1. The number of amides is 2. The number of rotatable bonds is 16. The van der Waals surface area contributed by atoms with Gasteiger partial charge in [-0.25, -0.2) is 0 Å². The molecule has 3 rings (SSSR count). The van der Waals surface area contributed by atoms with E-state index < -0.39 is 31.7 Å². The third-order valence-electron chi connectivity index (χ3n) is 6.10. The van der Waals surface area contributed by atoms with Gasteiger partial charge in [0.15, 0.2) is 0 Å². The number of aliphatic carboxylic acids is 1. The maximum absolute atomic E-state index is 12.3. The molecule has 0 unspecified atom stereocenters. The van der Waals surface area contributed by atoms with E-state index in [1.807, 2.05) is 0 Å². The Kier molecular flexibility index (Phi) is 15.4. The SMILES string of the molecule is N[C@@H](CSSCC(=O)NCCCC[P+](c1ccccc1)(c1ccccc1)c1ccccc1)C(=O)NCC(=O)O.[Br-]. The van der Waals surface area contributed by atoms with E-state index in [1.165, 1.54) is 37.5 Å². The van der Waals surface area contributed by atoms with Crippen LogP contribution in [-0.2, 0) is 14.4 Å². The molecule has 0 heterocycles. The van der Waals surface area contributed by atoms with E-state index in [0.717, 1.165) is 19.0 Å². The Morgan fingerprint density at radius 2 is 1.27 bits per heavy atom. The first-order valence-corrected chi connectivity index (χ1v) is 17.2. The first kappa shape index (κ1) is 33.8. The predicted molar refractivity (Wildman–Crippen MR) is 166 cm³/mol. The summed E-state index contributed by atoms with van der Waals surface area (Å²) in [6, 6.07) is 31.5. The molecule has 3 aromatic carbocycles. The van der Waals surface area contributed by atoms with Gasteiger partial charge in [0, 0.05) is 12.3 Å². The van der Waals surface area contributed by atoms with Gasteiger partial charge in [0.25, 0.3) is 0 Å². The number of halogens is 1. The zero-order valence-electron chi connectivity index (χ0n) is 22.1. The van der Waals surface area contributed by atoms with Gasteiger partial charge < -0.3 is 38.5 Å². The lowest BCUT2D eigenvalue weighted by Gasteiger charge is -2.27. The van der Waals surface area contributed by atoms with Crippen molar-refractivity contribution in [3.05, 3.63) is 91.0 Å². The lowest BCUT2D eigenvalue weighted by atomic mass is 10.3. The van der Waals surface area contributed by atoms with Crippen LogP contribution in [0, 0.1) is 0 Å². The van der Waals surface area contributed by atoms with Gasteiger partial charge in [0.1, 0.15) is 29.7 Å². The fourth-order valence-electron chi connectivity index (χ4n) is 4.22. The Bertz CT molecular complexity index is 1100. The molecule has 214 valence electrons. The third-order valence-corrected chi connectivity index (χ3v) is 12.9. The van der Waals surface area contributed by atoms with Crippen LogP contribution >= 0.6 is 28.9 Å². The quantitative estimate of drug-likeness (QED) is 0.0951. The number of carbonyl (C=O) groups excluding carboxylic acids is 2. The molecular weight excluding hydrogens is 629 g/mol. The summed E-state index contributed by atoms with van der Waals surface area (Å²) in [5.41, 5.74) is 5.76. The van der Waals surface area contributed by atoms with Crippen molar-refractivity contribution in [1.29, 1.82) is 0 Å². The Hall–Kier alpha value is -2.36. The monoisotopic (exact) mass is 663 g/mol. The molecule has 0 saturated heterocycles. The Morgan fingerprint density at radius 1 is 0.775 bits per heavy atom. The second-order valence-corrected chi connectivity index (χ2v) is 15.0. The summed E-state index contributed by atoms with van der Waals surface area (Å²) < 4.78 is 0. The molecule has 0 aliphatic heterocycles. The molecule has 5 N–H and O–H groups in total. The zero-order valence-corrected chi connectivity index (χ0v) is 26.2. The summed E-state index contributed by atoms with van der Waals surface area (Å²) in [5, 5.41) is 17.9. The number of benzene rings is 3. The molecule has 0 fully saturated rings. The lowest BCUT2D eigenvalue weighted by Crippen LogP contribution is -3.00. The van der Waals surface area contributed by atoms with Crippen LogP contribution in [0.25, 0.3) is 0 Å². The van der Waals surface area contributed by atoms with Crippen LogP contribution in [0.2, 0.25) is 0 Å². The Balaban J connectivity index is 0.00000560. The van der Waals surface area contributed by atoms with E-state index in [0.29, 0.717) is 6.54 Å². The molecule has 0 aromatic heterocycles. The van der Waals surface area contributed by atoms with Crippen molar-refractivity contribution >= 4 is 62.5 Å². The molecule has 40 heavy (non-hydrogen) atoms. The van der Waals surface area contributed by atoms with Gasteiger partial charge in [0.2, 0.25) is 11.8 Å². The molecule has 3 aromatic rings. The number of unbranched alkanes of at least 4 members (excludes halogenated alkanes) is 1. The molecule has 0 radical (unpaired) electrons. The van der Waals surface area contributed by atoms with Crippen LogP contribution in [0.5, 0.6) is 0 Å².